The van der Waals surface area contributed by atoms with Crippen LogP contribution in [0.2, 0.25) is 0 Å². The van der Waals surface area contributed by atoms with Gasteiger partial charge >= 0.3 is 0 Å². The van der Waals surface area contributed by atoms with Crippen LogP contribution in [-0.4, -0.2) is 30.4 Å². The highest BCUT2D eigenvalue weighted by Crippen LogP contribution is 2.23. The molecule has 82 valence electrons. The van der Waals surface area contributed by atoms with Crippen LogP contribution in [0.5, 0.6) is 0 Å². The Morgan fingerprint density at radius 2 is 2.36 bits per heavy atom. The monoisotopic (exact) mass is 198 g/mol. The van der Waals surface area contributed by atoms with E-state index in [4.69, 9.17) is 5.73 Å². The summed E-state index contributed by atoms with van der Waals surface area (Å²) in [6.07, 6.45) is 3.42. The number of carbonyl (C=O) groups is 1. The summed E-state index contributed by atoms with van der Waals surface area (Å²) in [7, 11) is 0. The van der Waals surface area contributed by atoms with E-state index in [1.807, 2.05) is 6.92 Å². The van der Waals surface area contributed by atoms with Gasteiger partial charge in [0.25, 0.3) is 0 Å². The van der Waals surface area contributed by atoms with Crippen molar-refractivity contribution >= 4 is 5.91 Å². The molecule has 3 heteroatoms. The summed E-state index contributed by atoms with van der Waals surface area (Å²) in [4.78, 5) is 13.4. The normalized spacial score (nSPS) is 25.1. The molecule has 1 aliphatic heterocycles. The molecule has 0 spiro atoms. The largest absolute Gasteiger partial charge is 0.369 e. The van der Waals surface area contributed by atoms with Crippen LogP contribution >= 0.6 is 0 Å². The van der Waals surface area contributed by atoms with Crippen molar-refractivity contribution in [3.05, 3.63) is 0 Å². The number of amides is 1. The summed E-state index contributed by atoms with van der Waals surface area (Å²) in [5, 5.41) is 0. The van der Waals surface area contributed by atoms with Crippen LogP contribution in [0.15, 0.2) is 0 Å². The summed E-state index contributed by atoms with van der Waals surface area (Å²) in [6.45, 7) is 7.70. The SMILES string of the molecule is CCCN1CCC(CC(C)C(N)=O)C1. The van der Waals surface area contributed by atoms with E-state index in [2.05, 4.69) is 11.8 Å². The molecule has 0 aromatic heterocycles. The number of nitrogens with two attached hydrogens (primary N) is 1. The van der Waals surface area contributed by atoms with Gasteiger partial charge in [-0.1, -0.05) is 13.8 Å². The second-order valence-electron chi connectivity index (χ2n) is 4.49. The zero-order valence-corrected chi connectivity index (χ0v) is 9.33. The molecule has 0 aromatic rings. The Labute approximate surface area is 86.6 Å². The van der Waals surface area contributed by atoms with Crippen LogP contribution < -0.4 is 5.73 Å². The molecule has 0 saturated carbocycles. The lowest BCUT2D eigenvalue weighted by Crippen LogP contribution is -2.25. The van der Waals surface area contributed by atoms with Gasteiger partial charge in [-0.05, 0) is 38.3 Å². The number of hydrogen-bond acceptors (Lipinski definition) is 2. The first-order valence-electron chi connectivity index (χ1n) is 5.65. The Morgan fingerprint density at radius 1 is 1.64 bits per heavy atom. The van der Waals surface area contributed by atoms with Crippen molar-refractivity contribution in [1.29, 1.82) is 0 Å². The highest BCUT2D eigenvalue weighted by atomic mass is 16.1. The van der Waals surface area contributed by atoms with Crippen LogP contribution in [-0.2, 0) is 4.79 Å². The van der Waals surface area contributed by atoms with E-state index in [1.165, 1.54) is 25.9 Å². The van der Waals surface area contributed by atoms with E-state index in [9.17, 15) is 4.79 Å². The summed E-state index contributed by atoms with van der Waals surface area (Å²) >= 11 is 0. The second kappa shape index (κ2) is 5.35. The third kappa shape index (κ3) is 3.29. The lowest BCUT2D eigenvalue weighted by Gasteiger charge is -2.16. The van der Waals surface area contributed by atoms with Crippen molar-refractivity contribution in [2.45, 2.75) is 33.1 Å². The van der Waals surface area contributed by atoms with Gasteiger partial charge in [0.2, 0.25) is 5.91 Å². The summed E-state index contributed by atoms with van der Waals surface area (Å²) in [6, 6.07) is 0. The molecule has 1 heterocycles. The van der Waals surface area contributed by atoms with Crippen LogP contribution in [0.4, 0.5) is 0 Å². The first-order valence-corrected chi connectivity index (χ1v) is 5.65. The van der Waals surface area contributed by atoms with Crippen molar-refractivity contribution in [3.63, 3.8) is 0 Å². The number of carbonyl (C=O) groups excluding carboxylic acids is 1. The van der Waals surface area contributed by atoms with Gasteiger partial charge in [0.05, 0.1) is 0 Å². The number of rotatable bonds is 5. The molecule has 3 nitrogen and oxygen atoms in total. The Balaban J connectivity index is 2.25. The van der Waals surface area contributed by atoms with Crippen molar-refractivity contribution in [2.24, 2.45) is 17.6 Å². The molecule has 0 aromatic carbocycles. The fourth-order valence-corrected chi connectivity index (χ4v) is 2.24. The van der Waals surface area contributed by atoms with E-state index in [0.29, 0.717) is 5.92 Å². The van der Waals surface area contributed by atoms with Gasteiger partial charge in [-0.25, -0.2) is 0 Å². The Bertz CT molecular complexity index is 194. The van der Waals surface area contributed by atoms with Gasteiger partial charge in [0.1, 0.15) is 0 Å². The summed E-state index contributed by atoms with van der Waals surface area (Å²) in [5.41, 5.74) is 5.25. The molecule has 1 fully saturated rings. The van der Waals surface area contributed by atoms with Crippen LogP contribution in [0.3, 0.4) is 0 Å². The molecule has 1 aliphatic rings. The zero-order chi connectivity index (χ0) is 10.6. The highest BCUT2D eigenvalue weighted by molar-refractivity contribution is 5.76. The minimum Gasteiger partial charge on any atom is -0.369 e. The molecule has 2 unspecified atom stereocenters. The zero-order valence-electron chi connectivity index (χ0n) is 9.33. The van der Waals surface area contributed by atoms with Crippen molar-refractivity contribution in [3.8, 4) is 0 Å². The predicted molar refractivity (Wildman–Crippen MR) is 57.8 cm³/mol. The number of nitrogens with zero attached hydrogens (tertiary/aromatic N) is 1. The first kappa shape index (κ1) is 11.5. The standard InChI is InChI=1S/C11H22N2O/c1-3-5-13-6-4-10(8-13)7-9(2)11(12)14/h9-10H,3-8H2,1-2H3,(H2,12,14). The van der Waals surface area contributed by atoms with Crippen LogP contribution in [0.1, 0.15) is 33.1 Å². The van der Waals surface area contributed by atoms with E-state index in [-0.39, 0.29) is 11.8 Å². The van der Waals surface area contributed by atoms with Crippen LogP contribution in [0, 0.1) is 11.8 Å². The third-order valence-electron chi connectivity index (χ3n) is 3.08. The molecule has 0 aliphatic carbocycles. The maximum atomic E-state index is 10.9. The van der Waals surface area contributed by atoms with Gasteiger partial charge < -0.3 is 10.6 Å². The lowest BCUT2D eigenvalue weighted by molar-refractivity contribution is -0.121. The topological polar surface area (TPSA) is 46.3 Å². The Morgan fingerprint density at radius 3 is 2.93 bits per heavy atom. The van der Waals surface area contributed by atoms with E-state index < -0.39 is 0 Å². The fraction of sp³-hybridized carbons (Fsp3) is 0.909. The fourth-order valence-electron chi connectivity index (χ4n) is 2.24. The first-order chi connectivity index (χ1) is 6.63. The van der Waals surface area contributed by atoms with Crippen LogP contribution in [0.25, 0.3) is 0 Å². The smallest absolute Gasteiger partial charge is 0.220 e. The molecule has 1 rings (SSSR count). The summed E-state index contributed by atoms with van der Waals surface area (Å²) < 4.78 is 0. The molecule has 2 atom stereocenters. The minimum atomic E-state index is -0.154. The number of primary amides is 1. The molecule has 2 N–H and O–H groups in total. The molecule has 14 heavy (non-hydrogen) atoms. The molecular formula is C11H22N2O. The van der Waals surface area contributed by atoms with Gasteiger partial charge in [0.15, 0.2) is 0 Å². The van der Waals surface area contributed by atoms with E-state index in [0.717, 1.165) is 13.0 Å². The molecule has 0 radical (unpaired) electrons. The highest BCUT2D eigenvalue weighted by Gasteiger charge is 2.24. The molecule has 1 saturated heterocycles. The average molecular weight is 198 g/mol. The summed E-state index contributed by atoms with van der Waals surface area (Å²) in [5.74, 6) is 0.574. The van der Waals surface area contributed by atoms with Gasteiger partial charge in [0, 0.05) is 12.5 Å². The Kier molecular flexibility index (Phi) is 4.39. The molecular weight excluding hydrogens is 176 g/mol. The maximum absolute atomic E-state index is 10.9. The average Bonchev–Trinajstić information content (AvgIpc) is 2.53. The molecule has 0 bridgehead atoms. The third-order valence-corrected chi connectivity index (χ3v) is 3.08. The van der Waals surface area contributed by atoms with Crippen molar-refractivity contribution < 1.29 is 4.79 Å². The minimum absolute atomic E-state index is 0.0431. The van der Waals surface area contributed by atoms with Crippen molar-refractivity contribution in [1.82, 2.24) is 4.90 Å². The van der Waals surface area contributed by atoms with E-state index in [1.54, 1.807) is 0 Å². The second-order valence-corrected chi connectivity index (χ2v) is 4.49. The van der Waals surface area contributed by atoms with E-state index >= 15 is 0 Å². The van der Waals surface area contributed by atoms with Crippen molar-refractivity contribution in [2.75, 3.05) is 19.6 Å². The number of likely N-dealkylation sites (tertiary alicyclic amines) is 1. The molecule has 1 amide bonds. The van der Waals surface area contributed by atoms with Gasteiger partial charge in [-0.2, -0.15) is 0 Å². The maximum Gasteiger partial charge on any atom is 0.220 e. The van der Waals surface area contributed by atoms with Gasteiger partial charge in [-0.3, -0.25) is 4.79 Å². The Hall–Kier alpha value is -0.570. The number of hydrogen-bond donors (Lipinski definition) is 1. The predicted octanol–water partition coefficient (Wildman–Crippen LogP) is 1.23. The quantitative estimate of drug-likeness (QED) is 0.722. The lowest BCUT2D eigenvalue weighted by atomic mass is 9.95. The van der Waals surface area contributed by atoms with Gasteiger partial charge in [-0.15, -0.1) is 0 Å².